The standard InChI is InChI=1S/C21H16N2OS2/c24-20-19(14-18-12-7-13-25-18)22-21(23(20)17-10-5-2-6-11-17)26-15-16-8-3-1-4-9-16/h1-14H,15H2/b19-14-. The molecule has 0 radical (unpaired) electrons. The van der Waals surface area contributed by atoms with Gasteiger partial charge in [-0.05, 0) is 35.2 Å². The predicted molar refractivity (Wildman–Crippen MR) is 111 cm³/mol. The molecule has 1 aliphatic heterocycles. The maximum absolute atomic E-state index is 13.0. The number of hydrogen-bond donors (Lipinski definition) is 0. The van der Waals surface area contributed by atoms with Crippen LogP contribution in [0.3, 0.4) is 0 Å². The Bertz CT molecular complexity index is 948. The summed E-state index contributed by atoms with van der Waals surface area (Å²) in [4.78, 5) is 20.4. The molecule has 0 aliphatic carbocycles. The zero-order valence-electron chi connectivity index (χ0n) is 13.9. The molecular weight excluding hydrogens is 360 g/mol. The van der Waals surface area contributed by atoms with Crippen molar-refractivity contribution >= 4 is 45.9 Å². The van der Waals surface area contributed by atoms with Gasteiger partial charge in [-0.1, -0.05) is 66.4 Å². The lowest BCUT2D eigenvalue weighted by molar-refractivity contribution is -0.113. The SMILES string of the molecule is O=C1/C(=C/c2cccs2)N=C(SCc2ccccc2)N1c1ccccc1. The second-order valence-corrected chi connectivity index (χ2v) is 7.61. The highest BCUT2D eigenvalue weighted by atomic mass is 32.2. The molecular formula is C21H16N2OS2. The van der Waals surface area contributed by atoms with Gasteiger partial charge in [-0.25, -0.2) is 4.99 Å². The minimum Gasteiger partial charge on any atom is -0.266 e. The van der Waals surface area contributed by atoms with E-state index in [0.29, 0.717) is 10.9 Å². The van der Waals surface area contributed by atoms with E-state index in [1.165, 1.54) is 5.56 Å². The van der Waals surface area contributed by atoms with Gasteiger partial charge in [0, 0.05) is 10.6 Å². The molecule has 26 heavy (non-hydrogen) atoms. The lowest BCUT2D eigenvalue weighted by Crippen LogP contribution is -2.30. The van der Waals surface area contributed by atoms with Crippen molar-refractivity contribution in [3.63, 3.8) is 0 Å². The number of amidine groups is 1. The second-order valence-electron chi connectivity index (χ2n) is 5.69. The summed E-state index contributed by atoms with van der Waals surface area (Å²) >= 11 is 3.17. The highest BCUT2D eigenvalue weighted by Gasteiger charge is 2.31. The molecule has 4 rings (SSSR count). The Labute approximate surface area is 160 Å². The number of thiophene rings is 1. The molecule has 2 heterocycles. The summed E-state index contributed by atoms with van der Waals surface area (Å²) in [6.07, 6.45) is 1.86. The first-order valence-electron chi connectivity index (χ1n) is 8.21. The minimum atomic E-state index is -0.0832. The van der Waals surface area contributed by atoms with Crippen molar-refractivity contribution in [1.82, 2.24) is 0 Å². The minimum absolute atomic E-state index is 0.0832. The smallest absolute Gasteiger partial charge is 0.266 e. The van der Waals surface area contributed by atoms with Crippen LogP contribution in [0.2, 0.25) is 0 Å². The van der Waals surface area contributed by atoms with E-state index in [9.17, 15) is 4.79 Å². The molecule has 3 aromatic rings. The van der Waals surface area contributed by atoms with Crippen LogP contribution < -0.4 is 4.90 Å². The molecule has 0 spiro atoms. The van der Waals surface area contributed by atoms with Gasteiger partial charge in [-0.2, -0.15) is 0 Å². The number of aliphatic imine (C=N–C) groups is 1. The Morgan fingerprint density at radius 3 is 2.38 bits per heavy atom. The third-order valence-corrected chi connectivity index (χ3v) is 5.71. The van der Waals surface area contributed by atoms with E-state index in [1.54, 1.807) is 28.0 Å². The van der Waals surface area contributed by atoms with Gasteiger partial charge in [0.15, 0.2) is 5.17 Å². The van der Waals surface area contributed by atoms with Crippen molar-refractivity contribution in [2.45, 2.75) is 5.75 Å². The number of rotatable bonds is 4. The van der Waals surface area contributed by atoms with Crippen LogP contribution in [0.25, 0.3) is 6.08 Å². The van der Waals surface area contributed by atoms with E-state index in [2.05, 4.69) is 17.1 Å². The van der Waals surface area contributed by atoms with Crippen molar-refractivity contribution in [2.75, 3.05) is 4.90 Å². The van der Waals surface area contributed by atoms with Gasteiger partial charge in [0.05, 0.1) is 5.69 Å². The number of para-hydroxylation sites is 1. The molecule has 5 heteroatoms. The lowest BCUT2D eigenvalue weighted by Gasteiger charge is -2.17. The molecule has 0 atom stereocenters. The molecule has 128 valence electrons. The number of thioether (sulfide) groups is 1. The van der Waals surface area contributed by atoms with Crippen LogP contribution in [0.4, 0.5) is 5.69 Å². The molecule has 3 nitrogen and oxygen atoms in total. The van der Waals surface area contributed by atoms with Crippen molar-refractivity contribution in [3.05, 3.63) is 94.3 Å². The second kappa shape index (κ2) is 7.72. The van der Waals surface area contributed by atoms with Gasteiger partial charge in [0.2, 0.25) is 0 Å². The fraction of sp³-hybridized carbons (Fsp3) is 0.0476. The third-order valence-electron chi connectivity index (χ3n) is 3.88. The molecule has 2 aromatic carbocycles. The van der Waals surface area contributed by atoms with E-state index in [0.717, 1.165) is 16.3 Å². The molecule has 0 unspecified atom stereocenters. The fourth-order valence-corrected chi connectivity index (χ4v) is 4.25. The first kappa shape index (κ1) is 16.8. The van der Waals surface area contributed by atoms with E-state index in [1.807, 2.05) is 72.1 Å². The number of anilines is 1. The molecule has 0 saturated carbocycles. The Morgan fingerprint density at radius 1 is 0.962 bits per heavy atom. The summed E-state index contributed by atoms with van der Waals surface area (Å²) in [5.41, 5.74) is 2.52. The van der Waals surface area contributed by atoms with Crippen LogP contribution in [0.1, 0.15) is 10.4 Å². The maximum atomic E-state index is 13.0. The number of nitrogens with zero attached hydrogens (tertiary/aromatic N) is 2. The van der Waals surface area contributed by atoms with Gasteiger partial charge in [-0.15, -0.1) is 11.3 Å². The van der Waals surface area contributed by atoms with E-state index in [-0.39, 0.29) is 5.91 Å². The van der Waals surface area contributed by atoms with Gasteiger partial charge in [-0.3, -0.25) is 9.69 Å². The normalized spacial score (nSPS) is 15.5. The zero-order valence-corrected chi connectivity index (χ0v) is 15.5. The third kappa shape index (κ3) is 3.64. The fourth-order valence-electron chi connectivity index (χ4n) is 2.63. The van der Waals surface area contributed by atoms with Gasteiger partial charge < -0.3 is 0 Å². The first-order chi connectivity index (χ1) is 12.8. The average molecular weight is 377 g/mol. The van der Waals surface area contributed by atoms with Crippen LogP contribution in [0.5, 0.6) is 0 Å². The number of carbonyl (C=O) groups is 1. The number of amides is 1. The van der Waals surface area contributed by atoms with E-state index < -0.39 is 0 Å². The van der Waals surface area contributed by atoms with E-state index in [4.69, 9.17) is 0 Å². The van der Waals surface area contributed by atoms with E-state index >= 15 is 0 Å². The Hall–Kier alpha value is -2.63. The van der Waals surface area contributed by atoms with Gasteiger partial charge >= 0.3 is 0 Å². The summed E-state index contributed by atoms with van der Waals surface area (Å²) in [5.74, 6) is 0.683. The first-order valence-corrected chi connectivity index (χ1v) is 10.1. The number of carbonyl (C=O) groups excluding carboxylic acids is 1. The summed E-state index contributed by atoms with van der Waals surface area (Å²) in [6, 6.07) is 23.9. The topological polar surface area (TPSA) is 32.7 Å². The van der Waals surface area contributed by atoms with Crippen LogP contribution in [-0.4, -0.2) is 11.1 Å². The highest BCUT2D eigenvalue weighted by molar-refractivity contribution is 8.13. The summed E-state index contributed by atoms with van der Waals surface area (Å²) in [6.45, 7) is 0. The van der Waals surface area contributed by atoms with Gasteiger partial charge in [0.1, 0.15) is 5.70 Å². The van der Waals surface area contributed by atoms with Crippen molar-refractivity contribution in [3.8, 4) is 0 Å². The quantitative estimate of drug-likeness (QED) is 0.569. The summed E-state index contributed by atoms with van der Waals surface area (Å²) in [7, 11) is 0. The number of benzene rings is 2. The molecule has 0 saturated heterocycles. The average Bonchev–Trinajstić information content (AvgIpc) is 3.30. The largest absolute Gasteiger partial charge is 0.283 e. The summed E-state index contributed by atoms with van der Waals surface area (Å²) in [5, 5.41) is 2.71. The van der Waals surface area contributed by atoms with Crippen LogP contribution in [-0.2, 0) is 10.5 Å². The maximum Gasteiger partial charge on any atom is 0.283 e. The van der Waals surface area contributed by atoms with Crippen LogP contribution >= 0.6 is 23.1 Å². The Balaban J connectivity index is 1.65. The highest BCUT2D eigenvalue weighted by Crippen LogP contribution is 2.31. The summed E-state index contributed by atoms with van der Waals surface area (Å²) < 4.78 is 0. The zero-order chi connectivity index (χ0) is 17.8. The molecule has 0 bridgehead atoms. The Morgan fingerprint density at radius 2 is 1.69 bits per heavy atom. The molecule has 1 aromatic heterocycles. The molecule has 0 fully saturated rings. The number of hydrogen-bond acceptors (Lipinski definition) is 4. The van der Waals surface area contributed by atoms with Crippen molar-refractivity contribution < 1.29 is 4.79 Å². The van der Waals surface area contributed by atoms with Crippen molar-refractivity contribution in [2.24, 2.45) is 4.99 Å². The van der Waals surface area contributed by atoms with Crippen LogP contribution in [0.15, 0.2) is 88.9 Å². The monoisotopic (exact) mass is 376 g/mol. The van der Waals surface area contributed by atoms with Crippen molar-refractivity contribution in [1.29, 1.82) is 0 Å². The van der Waals surface area contributed by atoms with Gasteiger partial charge in [0.25, 0.3) is 5.91 Å². The Kier molecular flexibility index (Phi) is 5.00. The predicted octanol–water partition coefficient (Wildman–Crippen LogP) is 5.43. The molecule has 1 amide bonds. The molecule has 1 aliphatic rings. The molecule has 0 N–H and O–H groups in total. The van der Waals surface area contributed by atoms with Crippen LogP contribution in [0, 0.1) is 0 Å². The lowest BCUT2D eigenvalue weighted by atomic mass is 10.2.